The van der Waals surface area contributed by atoms with Crippen molar-refractivity contribution in [3.8, 4) is 0 Å². The number of hydrogen-bond acceptors (Lipinski definition) is 5. The Bertz CT molecular complexity index is 992. The Balaban J connectivity index is 1.25. The van der Waals surface area contributed by atoms with Crippen LogP contribution in [0.5, 0.6) is 0 Å². The van der Waals surface area contributed by atoms with E-state index in [1.54, 1.807) is 0 Å². The molecule has 0 saturated heterocycles. The predicted octanol–water partition coefficient (Wildman–Crippen LogP) is 4.81. The average Bonchev–Trinajstić information content (AvgIpc) is 2.77. The first-order valence-electron chi connectivity index (χ1n) is 11.6. The van der Waals surface area contributed by atoms with Gasteiger partial charge in [0.25, 0.3) is 0 Å². The molecule has 0 radical (unpaired) electrons. The molecule has 2 aromatic carbocycles. The highest BCUT2D eigenvalue weighted by molar-refractivity contribution is 5.90. The van der Waals surface area contributed by atoms with Crippen molar-refractivity contribution in [3.63, 3.8) is 0 Å². The fourth-order valence-electron chi connectivity index (χ4n) is 4.57. The third-order valence-electron chi connectivity index (χ3n) is 6.29. The lowest BCUT2D eigenvalue weighted by molar-refractivity contribution is 0.325. The van der Waals surface area contributed by atoms with E-state index in [9.17, 15) is 0 Å². The number of nitrogens with zero attached hydrogens (tertiary/aromatic N) is 3. The Labute approximate surface area is 186 Å². The summed E-state index contributed by atoms with van der Waals surface area (Å²) in [6, 6.07) is 17.5. The summed E-state index contributed by atoms with van der Waals surface area (Å²) in [6.07, 6.45) is 5.97. The second-order valence-corrected chi connectivity index (χ2v) is 9.09. The molecule has 0 bridgehead atoms. The molecule has 0 spiro atoms. The summed E-state index contributed by atoms with van der Waals surface area (Å²) in [7, 11) is 4.07. The minimum absolute atomic E-state index is 0.458. The van der Waals surface area contributed by atoms with E-state index in [1.807, 2.05) is 26.2 Å². The van der Waals surface area contributed by atoms with Crippen LogP contribution in [0.15, 0.2) is 48.5 Å². The summed E-state index contributed by atoms with van der Waals surface area (Å²) in [5.41, 5.74) is 3.76. The third-order valence-corrected chi connectivity index (χ3v) is 6.29. The van der Waals surface area contributed by atoms with Gasteiger partial charge in [0.05, 0.1) is 5.52 Å². The van der Waals surface area contributed by atoms with Gasteiger partial charge in [0, 0.05) is 25.5 Å². The third kappa shape index (κ3) is 5.73. The van der Waals surface area contributed by atoms with Crippen LogP contribution >= 0.6 is 0 Å². The van der Waals surface area contributed by atoms with Crippen molar-refractivity contribution in [2.24, 2.45) is 5.92 Å². The molecule has 0 unspecified atom stereocenters. The molecule has 1 saturated carbocycles. The van der Waals surface area contributed by atoms with E-state index in [2.05, 4.69) is 58.9 Å². The van der Waals surface area contributed by atoms with Crippen molar-refractivity contribution in [1.82, 2.24) is 15.3 Å². The zero-order valence-electron chi connectivity index (χ0n) is 19.1. The summed E-state index contributed by atoms with van der Waals surface area (Å²) < 4.78 is 0. The highest BCUT2D eigenvalue weighted by Crippen LogP contribution is 2.28. The fourth-order valence-corrected chi connectivity index (χ4v) is 4.57. The molecular formula is C26H35N5. The molecule has 1 heterocycles. The van der Waals surface area contributed by atoms with Crippen LogP contribution in [0.2, 0.25) is 0 Å². The highest BCUT2D eigenvalue weighted by Gasteiger charge is 2.22. The van der Waals surface area contributed by atoms with Crippen LogP contribution in [0.3, 0.4) is 0 Å². The van der Waals surface area contributed by atoms with Crippen LogP contribution in [0, 0.1) is 12.8 Å². The monoisotopic (exact) mass is 417 g/mol. The molecule has 0 aliphatic heterocycles. The summed E-state index contributed by atoms with van der Waals surface area (Å²) in [4.78, 5) is 11.6. The van der Waals surface area contributed by atoms with Crippen LogP contribution in [-0.4, -0.2) is 43.2 Å². The number of aryl methyl sites for hydroxylation is 1. The largest absolute Gasteiger partial charge is 0.362 e. The number of anilines is 2. The standard InChI is InChI=1S/C26H35N5/c1-19-7-6-8-20(17-19)15-16-27-18-21-11-13-22(14-12-21)28-26-29-24-10-5-4-9-23(24)25(30-26)31(2)3/h4-10,17,21-22,27H,11-16,18H2,1-3H3,(H,28,29,30). The Morgan fingerprint density at radius 1 is 0.968 bits per heavy atom. The Morgan fingerprint density at radius 3 is 2.55 bits per heavy atom. The van der Waals surface area contributed by atoms with E-state index in [0.717, 1.165) is 48.1 Å². The number of fused-ring (bicyclic) bond motifs is 1. The van der Waals surface area contributed by atoms with Crippen LogP contribution < -0.4 is 15.5 Å². The lowest BCUT2D eigenvalue weighted by atomic mass is 9.86. The van der Waals surface area contributed by atoms with E-state index in [0.29, 0.717) is 6.04 Å². The normalized spacial score (nSPS) is 18.8. The summed E-state index contributed by atoms with van der Waals surface area (Å²) in [6.45, 7) is 4.34. The minimum atomic E-state index is 0.458. The van der Waals surface area contributed by atoms with Gasteiger partial charge in [0.1, 0.15) is 5.82 Å². The van der Waals surface area contributed by atoms with E-state index in [4.69, 9.17) is 9.97 Å². The second-order valence-electron chi connectivity index (χ2n) is 9.09. The zero-order valence-corrected chi connectivity index (χ0v) is 19.1. The van der Waals surface area contributed by atoms with Gasteiger partial charge in [0.2, 0.25) is 5.95 Å². The van der Waals surface area contributed by atoms with Gasteiger partial charge < -0.3 is 15.5 Å². The summed E-state index contributed by atoms with van der Waals surface area (Å²) in [5, 5.41) is 8.39. The Morgan fingerprint density at radius 2 is 1.77 bits per heavy atom. The zero-order chi connectivity index (χ0) is 21.6. The van der Waals surface area contributed by atoms with E-state index >= 15 is 0 Å². The van der Waals surface area contributed by atoms with E-state index in [1.165, 1.54) is 36.8 Å². The molecule has 164 valence electrons. The van der Waals surface area contributed by atoms with Crippen molar-refractivity contribution >= 4 is 22.7 Å². The Kier molecular flexibility index (Phi) is 7.03. The maximum atomic E-state index is 4.80. The smallest absolute Gasteiger partial charge is 0.225 e. The van der Waals surface area contributed by atoms with Crippen LogP contribution in [-0.2, 0) is 6.42 Å². The molecule has 0 amide bonds. The topological polar surface area (TPSA) is 53.1 Å². The van der Waals surface area contributed by atoms with Gasteiger partial charge in [0.15, 0.2) is 0 Å². The molecule has 2 N–H and O–H groups in total. The van der Waals surface area contributed by atoms with Gasteiger partial charge in [-0.1, -0.05) is 42.0 Å². The predicted molar refractivity (Wildman–Crippen MR) is 131 cm³/mol. The van der Waals surface area contributed by atoms with Crippen LogP contribution in [0.1, 0.15) is 36.8 Å². The molecule has 5 heteroatoms. The molecule has 5 nitrogen and oxygen atoms in total. The molecule has 0 atom stereocenters. The van der Waals surface area contributed by atoms with Gasteiger partial charge in [-0.15, -0.1) is 0 Å². The van der Waals surface area contributed by atoms with Gasteiger partial charge in [-0.05, 0) is 75.7 Å². The first kappa shape index (κ1) is 21.6. The number of benzene rings is 2. The lowest BCUT2D eigenvalue weighted by Crippen LogP contribution is -2.32. The van der Waals surface area contributed by atoms with Crippen molar-refractivity contribution in [2.75, 3.05) is 37.4 Å². The molecule has 1 aromatic heterocycles. The average molecular weight is 418 g/mol. The van der Waals surface area contributed by atoms with Crippen molar-refractivity contribution in [1.29, 1.82) is 0 Å². The quantitative estimate of drug-likeness (QED) is 0.515. The maximum absolute atomic E-state index is 4.80. The van der Waals surface area contributed by atoms with Crippen molar-refractivity contribution in [3.05, 3.63) is 59.7 Å². The number of para-hydroxylation sites is 1. The number of aromatic nitrogens is 2. The molecule has 1 fully saturated rings. The number of nitrogens with one attached hydrogen (secondary N) is 2. The van der Waals surface area contributed by atoms with Crippen LogP contribution in [0.25, 0.3) is 10.9 Å². The molecular weight excluding hydrogens is 382 g/mol. The van der Waals surface area contributed by atoms with E-state index < -0.39 is 0 Å². The number of rotatable bonds is 8. The van der Waals surface area contributed by atoms with E-state index in [-0.39, 0.29) is 0 Å². The SMILES string of the molecule is Cc1cccc(CCNCC2CCC(Nc3nc(N(C)C)c4ccccc4n3)CC2)c1. The summed E-state index contributed by atoms with van der Waals surface area (Å²) in [5.74, 6) is 2.49. The first-order chi connectivity index (χ1) is 15.1. The molecule has 1 aliphatic rings. The molecule has 3 aromatic rings. The molecule has 4 rings (SSSR count). The maximum Gasteiger partial charge on any atom is 0.225 e. The minimum Gasteiger partial charge on any atom is -0.362 e. The highest BCUT2D eigenvalue weighted by atomic mass is 15.2. The molecule has 1 aliphatic carbocycles. The second kappa shape index (κ2) is 10.1. The van der Waals surface area contributed by atoms with Crippen LogP contribution in [0.4, 0.5) is 11.8 Å². The Hall–Kier alpha value is -2.66. The number of hydrogen-bond donors (Lipinski definition) is 2. The lowest BCUT2D eigenvalue weighted by Gasteiger charge is -2.29. The van der Waals surface area contributed by atoms with Gasteiger partial charge in [-0.2, -0.15) is 4.98 Å². The van der Waals surface area contributed by atoms with Gasteiger partial charge in [-0.25, -0.2) is 4.98 Å². The van der Waals surface area contributed by atoms with Crippen molar-refractivity contribution in [2.45, 2.75) is 45.1 Å². The van der Waals surface area contributed by atoms with Crippen molar-refractivity contribution < 1.29 is 0 Å². The van der Waals surface area contributed by atoms with Gasteiger partial charge >= 0.3 is 0 Å². The molecule has 31 heavy (non-hydrogen) atoms. The summed E-state index contributed by atoms with van der Waals surface area (Å²) >= 11 is 0. The van der Waals surface area contributed by atoms with Gasteiger partial charge in [-0.3, -0.25) is 0 Å². The fraction of sp³-hybridized carbons (Fsp3) is 0.462. The first-order valence-corrected chi connectivity index (χ1v) is 11.6.